The van der Waals surface area contributed by atoms with E-state index >= 15 is 0 Å². The molecule has 34 heavy (non-hydrogen) atoms. The molecule has 0 unspecified atom stereocenters. The highest BCUT2D eigenvalue weighted by atomic mass is 32.2. The van der Waals surface area contributed by atoms with Crippen LogP contribution in [0.25, 0.3) is 16.4 Å². The second kappa shape index (κ2) is 8.99. The van der Waals surface area contributed by atoms with Gasteiger partial charge in [-0.1, -0.05) is 30.3 Å². The fourth-order valence-corrected chi connectivity index (χ4v) is 5.97. The number of carbonyl (C=O) groups excluding carboxylic acids is 1. The number of carbonyl (C=O) groups is 1. The molecule has 0 saturated carbocycles. The fourth-order valence-electron chi connectivity index (χ4n) is 3.84. The van der Waals surface area contributed by atoms with E-state index in [4.69, 9.17) is 0 Å². The summed E-state index contributed by atoms with van der Waals surface area (Å²) in [6.07, 6.45) is 0.661. The molecule has 8 nitrogen and oxygen atoms in total. The van der Waals surface area contributed by atoms with E-state index in [1.165, 1.54) is 32.5 Å². The standard InChI is InChI=1S/C23H20FN5O3S2/c24-17-6-3-7-18(15-17)29-22(20-9-4-13-33-20)26-21(27-29)23(30)25-11-14-34(31,32)28-12-10-16-5-1-2-8-19(16)28/h1-9,13,15H,10-12,14H2,(H,25,30). The zero-order chi connectivity index (χ0) is 23.7. The Morgan fingerprint density at radius 2 is 1.97 bits per heavy atom. The molecule has 0 saturated heterocycles. The lowest BCUT2D eigenvalue weighted by Crippen LogP contribution is -2.37. The number of aromatic nitrogens is 3. The maximum Gasteiger partial charge on any atom is 0.291 e. The van der Waals surface area contributed by atoms with Crippen LogP contribution in [-0.2, 0) is 16.4 Å². The first-order valence-electron chi connectivity index (χ1n) is 10.6. The predicted octanol–water partition coefficient (Wildman–Crippen LogP) is 3.26. The smallest absolute Gasteiger partial charge is 0.291 e. The van der Waals surface area contributed by atoms with Gasteiger partial charge in [0.1, 0.15) is 5.82 Å². The first kappa shape index (κ1) is 22.2. The van der Waals surface area contributed by atoms with Crippen molar-refractivity contribution in [3.63, 3.8) is 0 Å². The van der Waals surface area contributed by atoms with Gasteiger partial charge < -0.3 is 5.32 Å². The highest BCUT2D eigenvalue weighted by Crippen LogP contribution is 2.30. The molecule has 11 heteroatoms. The van der Waals surface area contributed by atoms with E-state index in [-0.39, 0.29) is 18.1 Å². The Morgan fingerprint density at radius 3 is 2.76 bits per heavy atom. The van der Waals surface area contributed by atoms with E-state index in [1.807, 2.05) is 29.6 Å². The number of nitrogens with zero attached hydrogens (tertiary/aromatic N) is 4. The molecule has 0 bridgehead atoms. The molecule has 1 aliphatic heterocycles. The third-order valence-electron chi connectivity index (χ3n) is 5.43. The van der Waals surface area contributed by atoms with E-state index < -0.39 is 21.7 Å². The van der Waals surface area contributed by atoms with Gasteiger partial charge in [-0.2, -0.15) is 0 Å². The third-order valence-corrected chi connectivity index (χ3v) is 8.07. The van der Waals surface area contributed by atoms with Gasteiger partial charge in [-0.05, 0) is 47.7 Å². The molecule has 1 aliphatic rings. The molecule has 5 rings (SSSR count). The second-order valence-corrected chi connectivity index (χ2v) is 10.6. The van der Waals surface area contributed by atoms with Gasteiger partial charge in [-0.25, -0.2) is 22.5 Å². The number of rotatable bonds is 7. The van der Waals surface area contributed by atoms with Crippen LogP contribution in [0.4, 0.5) is 10.1 Å². The summed E-state index contributed by atoms with van der Waals surface area (Å²) in [6, 6.07) is 16.9. The topological polar surface area (TPSA) is 97.2 Å². The first-order chi connectivity index (χ1) is 16.4. The van der Waals surface area contributed by atoms with Crippen LogP contribution < -0.4 is 9.62 Å². The lowest BCUT2D eigenvalue weighted by molar-refractivity contribution is 0.0946. The number of nitrogens with one attached hydrogen (secondary N) is 1. The van der Waals surface area contributed by atoms with Crippen LogP contribution in [-0.4, -0.2) is 47.9 Å². The van der Waals surface area contributed by atoms with Gasteiger partial charge in [0.2, 0.25) is 15.8 Å². The molecular formula is C23H20FN5O3S2. The average molecular weight is 498 g/mol. The van der Waals surface area contributed by atoms with Crippen molar-refractivity contribution in [3.8, 4) is 16.4 Å². The second-order valence-electron chi connectivity index (χ2n) is 7.65. The molecular weight excluding hydrogens is 477 g/mol. The molecule has 0 spiro atoms. The van der Waals surface area contributed by atoms with Gasteiger partial charge in [0.25, 0.3) is 5.91 Å². The van der Waals surface area contributed by atoms with Crippen LogP contribution in [0.5, 0.6) is 0 Å². The van der Waals surface area contributed by atoms with Crippen molar-refractivity contribution in [2.45, 2.75) is 6.42 Å². The molecule has 2 aromatic heterocycles. The summed E-state index contributed by atoms with van der Waals surface area (Å²) in [5.74, 6) is -1.03. The van der Waals surface area contributed by atoms with Crippen molar-refractivity contribution >= 4 is 33.0 Å². The van der Waals surface area contributed by atoms with Crippen LogP contribution in [0.3, 0.4) is 0 Å². The van der Waals surface area contributed by atoms with Gasteiger partial charge in [0, 0.05) is 13.1 Å². The molecule has 174 valence electrons. The predicted molar refractivity (Wildman–Crippen MR) is 128 cm³/mol. The molecule has 2 aromatic carbocycles. The van der Waals surface area contributed by atoms with Crippen LogP contribution >= 0.6 is 11.3 Å². The number of para-hydroxylation sites is 1. The summed E-state index contributed by atoms with van der Waals surface area (Å²) >= 11 is 1.41. The molecule has 0 radical (unpaired) electrons. The Kier molecular flexibility index (Phi) is 5.88. The Morgan fingerprint density at radius 1 is 1.12 bits per heavy atom. The van der Waals surface area contributed by atoms with E-state index in [0.717, 1.165) is 10.4 Å². The van der Waals surface area contributed by atoms with E-state index in [9.17, 15) is 17.6 Å². The highest BCUT2D eigenvalue weighted by molar-refractivity contribution is 7.92. The number of hydrogen-bond donors (Lipinski definition) is 1. The van der Waals surface area contributed by atoms with Crippen LogP contribution in [0.1, 0.15) is 16.2 Å². The normalized spacial score (nSPS) is 13.1. The molecule has 3 heterocycles. The number of hydrogen-bond acceptors (Lipinski definition) is 6. The number of benzene rings is 2. The highest BCUT2D eigenvalue weighted by Gasteiger charge is 2.29. The van der Waals surface area contributed by atoms with Crippen molar-refractivity contribution in [1.82, 2.24) is 20.1 Å². The van der Waals surface area contributed by atoms with Gasteiger partial charge in [-0.3, -0.25) is 9.10 Å². The van der Waals surface area contributed by atoms with Crippen molar-refractivity contribution in [3.05, 3.63) is 83.2 Å². The largest absolute Gasteiger partial charge is 0.348 e. The quantitative estimate of drug-likeness (QED) is 0.423. The molecule has 1 amide bonds. The fraction of sp³-hybridized carbons (Fsp3) is 0.174. The lowest BCUT2D eigenvalue weighted by Gasteiger charge is -2.19. The molecule has 1 N–H and O–H groups in total. The Bertz CT molecular complexity index is 1450. The van der Waals surface area contributed by atoms with Gasteiger partial charge in [0.05, 0.1) is 22.0 Å². The van der Waals surface area contributed by atoms with Gasteiger partial charge in [0.15, 0.2) is 5.82 Å². The Labute approximate surface area is 199 Å². The minimum absolute atomic E-state index is 0.0946. The van der Waals surface area contributed by atoms with Crippen LogP contribution in [0, 0.1) is 5.82 Å². The van der Waals surface area contributed by atoms with E-state index in [1.54, 1.807) is 24.3 Å². The summed E-state index contributed by atoms with van der Waals surface area (Å²) in [7, 11) is -3.60. The first-order valence-corrected chi connectivity index (χ1v) is 13.0. The number of halogens is 1. The maximum atomic E-state index is 13.8. The monoisotopic (exact) mass is 497 g/mol. The van der Waals surface area contributed by atoms with Gasteiger partial charge >= 0.3 is 0 Å². The van der Waals surface area contributed by atoms with Crippen molar-refractivity contribution in [1.29, 1.82) is 0 Å². The van der Waals surface area contributed by atoms with Crippen molar-refractivity contribution in [2.24, 2.45) is 0 Å². The molecule has 4 aromatic rings. The number of sulfonamides is 1. The summed E-state index contributed by atoms with van der Waals surface area (Å²) in [5.41, 5.74) is 2.10. The summed E-state index contributed by atoms with van der Waals surface area (Å²) < 4.78 is 42.3. The average Bonchev–Trinajstić information content (AvgIpc) is 3.58. The lowest BCUT2D eigenvalue weighted by atomic mass is 10.2. The summed E-state index contributed by atoms with van der Waals surface area (Å²) in [4.78, 5) is 17.9. The number of fused-ring (bicyclic) bond motifs is 1. The van der Waals surface area contributed by atoms with Crippen LogP contribution in [0.2, 0.25) is 0 Å². The Balaban J connectivity index is 1.32. The minimum atomic E-state index is -3.60. The summed E-state index contributed by atoms with van der Waals surface area (Å²) in [5, 5.41) is 8.73. The Hall–Kier alpha value is -3.57. The third kappa shape index (κ3) is 4.31. The van der Waals surface area contributed by atoms with E-state index in [0.29, 0.717) is 30.2 Å². The zero-order valence-electron chi connectivity index (χ0n) is 17.9. The molecule has 0 fully saturated rings. The van der Waals surface area contributed by atoms with E-state index in [2.05, 4.69) is 15.4 Å². The zero-order valence-corrected chi connectivity index (χ0v) is 19.5. The summed E-state index contributed by atoms with van der Waals surface area (Å²) in [6.45, 7) is 0.294. The number of thiophene rings is 1. The number of anilines is 1. The van der Waals surface area contributed by atoms with Crippen molar-refractivity contribution < 1.29 is 17.6 Å². The SMILES string of the molecule is O=C(NCCS(=O)(=O)N1CCc2ccccc21)c1nc(-c2cccs2)n(-c2cccc(F)c2)n1. The van der Waals surface area contributed by atoms with Crippen LogP contribution in [0.15, 0.2) is 66.0 Å². The molecule has 0 atom stereocenters. The van der Waals surface area contributed by atoms with Crippen molar-refractivity contribution in [2.75, 3.05) is 23.1 Å². The molecule has 0 aliphatic carbocycles. The minimum Gasteiger partial charge on any atom is -0.348 e. The maximum absolute atomic E-state index is 13.8. The van der Waals surface area contributed by atoms with Gasteiger partial charge in [-0.15, -0.1) is 16.4 Å². The number of amides is 1.